The van der Waals surface area contributed by atoms with E-state index >= 15 is 0 Å². The van der Waals surface area contributed by atoms with Gasteiger partial charge in [0, 0.05) is 19.8 Å². The lowest BCUT2D eigenvalue weighted by molar-refractivity contribution is -0.129. The summed E-state index contributed by atoms with van der Waals surface area (Å²) in [5.74, 6) is -1.21. The Morgan fingerprint density at radius 1 is 0.960 bits per heavy atom. The number of hydrogen-bond donors (Lipinski definition) is 1. The SMILES string of the molecule is CN(C)c1ccc(C2C3C(=O)NC(=O)C3ON2c2ccccc2)cc1. The lowest BCUT2D eigenvalue weighted by Crippen LogP contribution is -2.33. The number of anilines is 2. The number of carbonyl (C=O) groups is 2. The van der Waals surface area contributed by atoms with Crippen molar-refractivity contribution in [3.05, 3.63) is 60.2 Å². The van der Waals surface area contributed by atoms with Crippen molar-refractivity contribution >= 4 is 23.2 Å². The van der Waals surface area contributed by atoms with Gasteiger partial charge in [-0.15, -0.1) is 0 Å². The van der Waals surface area contributed by atoms with Crippen LogP contribution in [0.2, 0.25) is 0 Å². The van der Waals surface area contributed by atoms with E-state index in [4.69, 9.17) is 4.84 Å². The van der Waals surface area contributed by atoms with Crippen molar-refractivity contribution in [2.75, 3.05) is 24.1 Å². The maximum Gasteiger partial charge on any atom is 0.259 e. The zero-order valence-corrected chi connectivity index (χ0v) is 14.0. The summed E-state index contributed by atoms with van der Waals surface area (Å²) in [7, 11) is 3.95. The van der Waals surface area contributed by atoms with Gasteiger partial charge in [0.25, 0.3) is 5.91 Å². The van der Waals surface area contributed by atoms with Crippen LogP contribution in [-0.4, -0.2) is 32.0 Å². The molecule has 0 aliphatic carbocycles. The molecule has 2 heterocycles. The van der Waals surface area contributed by atoms with E-state index in [9.17, 15) is 9.59 Å². The molecule has 6 heteroatoms. The van der Waals surface area contributed by atoms with Crippen LogP contribution in [0.1, 0.15) is 11.6 Å². The fraction of sp³-hybridized carbons (Fsp3) is 0.263. The Hall–Kier alpha value is -2.86. The molecule has 128 valence electrons. The molecule has 0 spiro atoms. The first-order valence-electron chi connectivity index (χ1n) is 8.19. The summed E-state index contributed by atoms with van der Waals surface area (Å²) in [6.07, 6.45) is -0.786. The van der Waals surface area contributed by atoms with Crippen LogP contribution in [0.4, 0.5) is 11.4 Å². The summed E-state index contributed by atoms with van der Waals surface area (Å²) in [5, 5.41) is 4.07. The second-order valence-electron chi connectivity index (χ2n) is 6.50. The lowest BCUT2D eigenvalue weighted by atomic mass is 9.90. The van der Waals surface area contributed by atoms with Gasteiger partial charge in [0.05, 0.1) is 11.7 Å². The van der Waals surface area contributed by atoms with Crippen molar-refractivity contribution in [3.8, 4) is 0 Å². The lowest BCUT2D eigenvalue weighted by Gasteiger charge is -2.27. The molecule has 2 fully saturated rings. The number of hydrogen-bond acceptors (Lipinski definition) is 5. The smallest absolute Gasteiger partial charge is 0.259 e. The fourth-order valence-electron chi connectivity index (χ4n) is 3.44. The number of imide groups is 1. The van der Waals surface area contributed by atoms with Gasteiger partial charge in [-0.1, -0.05) is 30.3 Å². The summed E-state index contributed by atoms with van der Waals surface area (Å²) in [4.78, 5) is 32.3. The van der Waals surface area contributed by atoms with Crippen molar-refractivity contribution in [2.45, 2.75) is 12.1 Å². The van der Waals surface area contributed by atoms with Crippen LogP contribution < -0.4 is 15.3 Å². The molecule has 4 rings (SSSR count). The molecule has 1 N–H and O–H groups in total. The zero-order chi connectivity index (χ0) is 17.6. The standard InChI is InChI=1S/C19H19N3O3/c1-21(2)13-10-8-12(9-11-13)16-15-17(19(24)20-18(15)23)25-22(16)14-6-4-3-5-7-14/h3-11,15-17H,1-2H3,(H,20,23,24). The monoisotopic (exact) mass is 337 g/mol. The first kappa shape index (κ1) is 15.7. The number of rotatable bonds is 3. The molecular formula is C19H19N3O3. The van der Waals surface area contributed by atoms with Crippen LogP contribution in [0.5, 0.6) is 0 Å². The summed E-state index contributed by atoms with van der Waals surface area (Å²) in [5.41, 5.74) is 2.82. The van der Waals surface area contributed by atoms with Gasteiger partial charge >= 0.3 is 0 Å². The molecule has 3 atom stereocenters. The van der Waals surface area contributed by atoms with Gasteiger partial charge < -0.3 is 4.90 Å². The number of nitrogens with zero attached hydrogens (tertiary/aromatic N) is 2. The first-order valence-corrected chi connectivity index (χ1v) is 8.19. The van der Waals surface area contributed by atoms with E-state index in [1.807, 2.05) is 73.6 Å². The van der Waals surface area contributed by atoms with Crippen LogP contribution in [0.15, 0.2) is 54.6 Å². The number of carbonyl (C=O) groups excluding carboxylic acids is 2. The third-order valence-electron chi connectivity index (χ3n) is 4.72. The van der Waals surface area contributed by atoms with Gasteiger partial charge in [-0.05, 0) is 29.8 Å². The molecular weight excluding hydrogens is 318 g/mol. The summed E-state index contributed by atoms with van der Waals surface area (Å²) in [6.45, 7) is 0. The molecule has 0 radical (unpaired) electrons. The predicted molar refractivity (Wildman–Crippen MR) is 93.9 cm³/mol. The minimum Gasteiger partial charge on any atom is -0.378 e. The van der Waals surface area contributed by atoms with Gasteiger partial charge in [-0.25, -0.2) is 5.06 Å². The summed E-state index contributed by atoms with van der Waals surface area (Å²) < 4.78 is 0. The number of para-hydroxylation sites is 1. The van der Waals surface area contributed by atoms with E-state index in [1.54, 1.807) is 5.06 Å². The largest absolute Gasteiger partial charge is 0.378 e. The Labute approximate surface area is 145 Å². The van der Waals surface area contributed by atoms with Crippen molar-refractivity contribution in [3.63, 3.8) is 0 Å². The molecule has 0 bridgehead atoms. The second kappa shape index (κ2) is 5.89. The molecule has 0 saturated carbocycles. The van der Waals surface area contributed by atoms with Crippen molar-refractivity contribution in [1.82, 2.24) is 5.32 Å². The van der Waals surface area contributed by atoms with Crippen LogP contribution in [0, 0.1) is 5.92 Å². The number of hydroxylamine groups is 1. The van der Waals surface area contributed by atoms with Crippen molar-refractivity contribution in [1.29, 1.82) is 0 Å². The number of fused-ring (bicyclic) bond motifs is 1. The van der Waals surface area contributed by atoms with Crippen LogP contribution in [0.3, 0.4) is 0 Å². The molecule has 2 aliphatic rings. The van der Waals surface area contributed by atoms with Gasteiger partial charge in [0.2, 0.25) is 5.91 Å². The number of amides is 2. The van der Waals surface area contributed by atoms with Gasteiger partial charge in [0.1, 0.15) is 5.92 Å². The molecule has 25 heavy (non-hydrogen) atoms. The van der Waals surface area contributed by atoms with Crippen LogP contribution in [0.25, 0.3) is 0 Å². The molecule has 2 aliphatic heterocycles. The Balaban J connectivity index is 1.76. The third-order valence-corrected chi connectivity index (χ3v) is 4.72. The average Bonchev–Trinajstić information content (AvgIpc) is 3.14. The van der Waals surface area contributed by atoms with E-state index < -0.39 is 12.0 Å². The minimum atomic E-state index is -0.786. The zero-order valence-electron chi connectivity index (χ0n) is 14.0. The Kier molecular flexibility index (Phi) is 3.69. The van der Waals surface area contributed by atoms with Gasteiger partial charge in [-0.3, -0.25) is 19.7 Å². The second-order valence-corrected chi connectivity index (χ2v) is 6.50. The maximum atomic E-state index is 12.4. The summed E-state index contributed by atoms with van der Waals surface area (Å²) in [6, 6.07) is 17.2. The predicted octanol–water partition coefficient (Wildman–Crippen LogP) is 1.89. The minimum absolute atomic E-state index is 0.282. The highest BCUT2D eigenvalue weighted by molar-refractivity contribution is 6.07. The molecule has 2 aromatic carbocycles. The Bertz CT molecular complexity index is 804. The Morgan fingerprint density at radius 2 is 1.64 bits per heavy atom. The topological polar surface area (TPSA) is 61.9 Å². The van der Waals surface area contributed by atoms with Crippen molar-refractivity contribution in [2.24, 2.45) is 5.92 Å². The van der Waals surface area contributed by atoms with Crippen molar-refractivity contribution < 1.29 is 14.4 Å². The van der Waals surface area contributed by atoms with E-state index in [-0.39, 0.29) is 17.9 Å². The molecule has 2 amide bonds. The van der Waals surface area contributed by atoms with Crippen LogP contribution in [-0.2, 0) is 14.4 Å². The highest BCUT2D eigenvalue weighted by Gasteiger charge is 2.56. The normalized spacial score (nSPS) is 25.0. The average molecular weight is 337 g/mol. The maximum absolute atomic E-state index is 12.4. The van der Waals surface area contributed by atoms with Crippen LogP contribution >= 0.6 is 0 Å². The quantitative estimate of drug-likeness (QED) is 0.867. The number of benzene rings is 2. The third kappa shape index (κ3) is 2.55. The number of nitrogens with one attached hydrogen (secondary N) is 1. The van der Waals surface area contributed by atoms with E-state index in [2.05, 4.69) is 5.32 Å². The van der Waals surface area contributed by atoms with Gasteiger partial charge in [-0.2, -0.15) is 0 Å². The molecule has 3 unspecified atom stereocenters. The van der Waals surface area contributed by atoms with E-state index in [0.29, 0.717) is 0 Å². The highest BCUT2D eigenvalue weighted by atomic mass is 16.7. The van der Waals surface area contributed by atoms with Gasteiger partial charge in [0.15, 0.2) is 6.10 Å². The molecule has 2 saturated heterocycles. The highest BCUT2D eigenvalue weighted by Crippen LogP contribution is 2.44. The molecule has 6 nitrogen and oxygen atoms in total. The molecule has 2 aromatic rings. The van der Waals surface area contributed by atoms with E-state index in [0.717, 1.165) is 16.9 Å². The first-order chi connectivity index (χ1) is 12.1. The Morgan fingerprint density at radius 3 is 2.28 bits per heavy atom. The fourth-order valence-corrected chi connectivity index (χ4v) is 3.44. The molecule has 0 aromatic heterocycles. The summed E-state index contributed by atoms with van der Waals surface area (Å²) >= 11 is 0. The van der Waals surface area contributed by atoms with E-state index in [1.165, 1.54) is 0 Å².